The van der Waals surface area contributed by atoms with Gasteiger partial charge in [0.2, 0.25) is 5.95 Å². The number of alkyl halides is 3. The monoisotopic (exact) mass is 504 g/mol. The summed E-state index contributed by atoms with van der Waals surface area (Å²) in [5.74, 6) is -1.35. The number of ether oxygens (including phenoxy) is 1. The van der Waals surface area contributed by atoms with Gasteiger partial charge in [-0.05, 0) is 17.7 Å². The van der Waals surface area contributed by atoms with Gasteiger partial charge in [-0.1, -0.05) is 6.07 Å². The number of pyridine rings is 1. The molecule has 0 saturated heterocycles. The second kappa shape index (κ2) is 8.72. The lowest BCUT2D eigenvalue weighted by molar-refractivity contribution is -0.249. The summed E-state index contributed by atoms with van der Waals surface area (Å²) in [7, 11) is 3.18. The van der Waals surface area contributed by atoms with Crippen LogP contribution in [0, 0.1) is 0 Å². The van der Waals surface area contributed by atoms with Crippen LogP contribution in [0.5, 0.6) is 0 Å². The van der Waals surface area contributed by atoms with Crippen molar-refractivity contribution in [2.45, 2.75) is 31.2 Å². The molecule has 0 aliphatic carbocycles. The third-order valence-corrected chi connectivity index (χ3v) is 6.04. The molecule has 1 atom stereocenters. The maximum absolute atomic E-state index is 12.7. The Hall–Kier alpha value is -3.75. The van der Waals surface area contributed by atoms with Crippen molar-refractivity contribution >= 4 is 22.8 Å². The van der Waals surface area contributed by atoms with Crippen LogP contribution in [0.4, 0.5) is 24.9 Å². The molecular weight excluding hydrogens is 481 g/mol. The Morgan fingerprint density at radius 1 is 1.14 bits per heavy atom. The average Bonchev–Trinajstić information content (AvgIpc) is 3.46. The van der Waals surface area contributed by atoms with Crippen molar-refractivity contribution in [3.63, 3.8) is 0 Å². The number of aliphatic hydroxyl groups is 2. The summed E-state index contributed by atoms with van der Waals surface area (Å²) in [5.41, 5.74) is 1.47. The van der Waals surface area contributed by atoms with E-state index in [1.54, 1.807) is 41.3 Å². The van der Waals surface area contributed by atoms with E-state index in [-0.39, 0.29) is 13.2 Å². The van der Waals surface area contributed by atoms with Crippen LogP contribution in [0.3, 0.4) is 0 Å². The van der Waals surface area contributed by atoms with Crippen LogP contribution in [-0.4, -0.2) is 66.3 Å². The summed E-state index contributed by atoms with van der Waals surface area (Å²) in [4.78, 5) is 14.2. The lowest BCUT2D eigenvalue weighted by Crippen LogP contribution is -2.58. The molecule has 11 nitrogen and oxygen atoms in total. The first kappa shape index (κ1) is 24.0. The Morgan fingerprint density at radius 2 is 1.94 bits per heavy atom. The van der Waals surface area contributed by atoms with Crippen molar-refractivity contribution < 1.29 is 28.1 Å². The first-order chi connectivity index (χ1) is 17.1. The Kier molecular flexibility index (Phi) is 5.81. The van der Waals surface area contributed by atoms with Gasteiger partial charge in [0.1, 0.15) is 17.3 Å². The molecule has 5 heterocycles. The van der Waals surface area contributed by atoms with Gasteiger partial charge in [0.05, 0.1) is 24.9 Å². The Bertz CT molecular complexity index is 1380. The van der Waals surface area contributed by atoms with E-state index >= 15 is 0 Å². The van der Waals surface area contributed by atoms with E-state index in [1.165, 1.54) is 23.9 Å². The zero-order valence-corrected chi connectivity index (χ0v) is 19.3. The van der Waals surface area contributed by atoms with E-state index in [0.29, 0.717) is 34.9 Å². The fraction of sp³-hybridized carbons (Fsp3) is 0.364. The van der Waals surface area contributed by atoms with E-state index in [1.807, 2.05) is 0 Å². The summed E-state index contributed by atoms with van der Waals surface area (Å²) in [6.07, 6.45) is 1.65. The molecule has 3 N–H and O–H groups in total. The molecule has 0 aromatic carbocycles. The zero-order valence-electron chi connectivity index (χ0n) is 19.3. The fourth-order valence-corrected chi connectivity index (χ4v) is 4.21. The molecule has 0 spiro atoms. The van der Waals surface area contributed by atoms with E-state index < -0.39 is 23.8 Å². The highest BCUT2D eigenvalue weighted by Gasteiger charge is 2.45. The van der Waals surface area contributed by atoms with Gasteiger partial charge in [-0.2, -0.15) is 23.3 Å². The number of hydrogen-bond acceptors (Lipinski definition) is 9. The normalized spacial score (nSPS) is 17.1. The number of methoxy groups -OCH3 is 1. The van der Waals surface area contributed by atoms with Crippen LogP contribution < -0.4 is 10.2 Å². The quantitative estimate of drug-likeness (QED) is 0.323. The van der Waals surface area contributed by atoms with Crippen LogP contribution in [-0.2, 0) is 29.9 Å². The van der Waals surface area contributed by atoms with Crippen LogP contribution in [0.15, 0.2) is 43.0 Å². The summed E-state index contributed by atoms with van der Waals surface area (Å²) in [5, 5.41) is 28.9. The molecule has 0 radical (unpaired) electrons. The Labute approximate surface area is 202 Å². The SMILES string of the molecule is COCC1N(C)c2nc(NCc3cnn(Cc4ccc(C(F)(F)F)nc4)c3)nc3ccn(c23)C1(O)O. The molecule has 36 heavy (non-hydrogen) atoms. The van der Waals surface area contributed by atoms with Gasteiger partial charge >= 0.3 is 6.18 Å². The van der Waals surface area contributed by atoms with Gasteiger partial charge in [-0.25, -0.2) is 4.98 Å². The fourth-order valence-electron chi connectivity index (χ4n) is 4.21. The van der Waals surface area contributed by atoms with Crippen molar-refractivity contribution in [3.05, 3.63) is 59.8 Å². The molecule has 4 aromatic rings. The average molecular weight is 504 g/mol. The van der Waals surface area contributed by atoms with Crippen LogP contribution in [0.25, 0.3) is 11.0 Å². The first-order valence-corrected chi connectivity index (χ1v) is 10.9. The second-order valence-electron chi connectivity index (χ2n) is 8.51. The molecule has 4 aromatic heterocycles. The van der Waals surface area contributed by atoms with Gasteiger partial charge in [-0.3, -0.25) is 14.2 Å². The minimum absolute atomic E-state index is 0.0585. The standard InChI is InChI=1S/C22H23F3N8O3/c1-31-17(12-36-2)22(34,35)33-6-5-15-18(33)19(31)30-20(29-15)27-8-14-9-28-32(11-14)10-13-3-4-16(26-7-13)21(23,24)25/h3-7,9,11,17,34-35H,8,10,12H2,1-2H3,(H,27,29,30). The topological polar surface area (TPSA) is 126 Å². The predicted molar refractivity (Wildman–Crippen MR) is 122 cm³/mol. The Morgan fingerprint density at radius 3 is 2.64 bits per heavy atom. The highest BCUT2D eigenvalue weighted by molar-refractivity contribution is 5.89. The van der Waals surface area contributed by atoms with Crippen molar-refractivity contribution in [2.75, 3.05) is 31.0 Å². The molecule has 0 amide bonds. The van der Waals surface area contributed by atoms with Crippen LogP contribution >= 0.6 is 0 Å². The molecule has 1 aliphatic heterocycles. The van der Waals surface area contributed by atoms with E-state index in [4.69, 9.17) is 4.74 Å². The van der Waals surface area contributed by atoms with E-state index in [9.17, 15) is 23.4 Å². The number of nitrogens with zero attached hydrogens (tertiary/aromatic N) is 7. The van der Waals surface area contributed by atoms with Crippen LogP contribution in [0.1, 0.15) is 16.8 Å². The second-order valence-corrected chi connectivity index (χ2v) is 8.51. The maximum atomic E-state index is 12.7. The summed E-state index contributed by atoms with van der Waals surface area (Å²) >= 11 is 0. The molecule has 190 valence electrons. The number of anilines is 2. The smallest absolute Gasteiger partial charge is 0.382 e. The Balaban J connectivity index is 1.31. The highest BCUT2D eigenvalue weighted by atomic mass is 19.4. The van der Waals surface area contributed by atoms with Gasteiger partial charge in [0.15, 0.2) is 5.82 Å². The molecule has 0 bridgehead atoms. The molecule has 0 saturated carbocycles. The number of rotatable bonds is 7. The van der Waals surface area contributed by atoms with E-state index in [0.717, 1.165) is 11.6 Å². The predicted octanol–water partition coefficient (Wildman–Crippen LogP) is 1.76. The van der Waals surface area contributed by atoms with Crippen molar-refractivity contribution in [1.82, 2.24) is 29.3 Å². The maximum Gasteiger partial charge on any atom is 0.433 e. The lowest BCUT2D eigenvalue weighted by Gasteiger charge is -2.42. The minimum atomic E-state index is -4.48. The van der Waals surface area contributed by atoms with Gasteiger partial charge in [0.25, 0.3) is 5.91 Å². The van der Waals surface area contributed by atoms with Crippen LogP contribution in [0.2, 0.25) is 0 Å². The molecule has 1 aliphatic rings. The first-order valence-electron chi connectivity index (χ1n) is 10.9. The summed E-state index contributed by atoms with van der Waals surface area (Å²) < 4.78 is 46.2. The molecular formula is C22H23F3N8O3. The number of halogens is 3. The summed E-state index contributed by atoms with van der Waals surface area (Å²) in [6.45, 7) is 0.663. The van der Waals surface area contributed by atoms with Gasteiger partial charge in [-0.15, -0.1) is 0 Å². The number of aromatic nitrogens is 6. The minimum Gasteiger partial charge on any atom is -0.382 e. The molecule has 0 fully saturated rings. The van der Waals surface area contributed by atoms with Gasteiger partial charge < -0.3 is 25.2 Å². The van der Waals surface area contributed by atoms with Gasteiger partial charge in [0, 0.05) is 44.9 Å². The van der Waals surface area contributed by atoms with E-state index in [2.05, 4.69) is 25.4 Å². The largest absolute Gasteiger partial charge is 0.433 e. The van der Waals surface area contributed by atoms with Crippen molar-refractivity contribution in [2.24, 2.45) is 0 Å². The molecule has 1 unspecified atom stereocenters. The number of likely N-dealkylation sites (N-methyl/N-ethyl adjacent to an activating group) is 1. The summed E-state index contributed by atoms with van der Waals surface area (Å²) in [6, 6.07) is 3.19. The van der Waals surface area contributed by atoms with Crippen molar-refractivity contribution in [3.8, 4) is 0 Å². The number of nitrogens with one attached hydrogen (secondary N) is 1. The molecule has 5 rings (SSSR count). The zero-order chi connectivity index (χ0) is 25.7. The van der Waals surface area contributed by atoms with Crippen molar-refractivity contribution in [1.29, 1.82) is 0 Å². The molecule has 14 heteroatoms. The lowest BCUT2D eigenvalue weighted by atomic mass is 10.1. The highest BCUT2D eigenvalue weighted by Crippen LogP contribution is 2.37. The third-order valence-electron chi connectivity index (χ3n) is 6.04. The number of hydrogen-bond donors (Lipinski definition) is 3. The third kappa shape index (κ3) is 4.23.